The lowest BCUT2D eigenvalue weighted by Crippen LogP contribution is -2.45. The summed E-state index contributed by atoms with van der Waals surface area (Å²) in [7, 11) is 1.47. The molecule has 3 rings (SSSR count). The third-order valence-corrected chi connectivity index (χ3v) is 5.05. The van der Waals surface area contributed by atoms with Crippen LogP contribution in [0.3, 0.4) is 0 Å². The number of anilines is 1. The molecule has 0 saturated carbocycles. The van der Waals surface area contributed by atoms with Gasteiger partial charge in [-0.3, -0.25) is 4.79 Å². The molecule has 0 radical (unpaired) electrons. The molecule has 0 aliphatic carbocycles. The van der Waals surface area contributed by atoms with E-state index in [-0.39, 0.29) is 18.6 Å². The number of esters is 1. The molecule has 0 aromatic heterocycles. The zero-order valence-electron chi connectivity index (χ0n) is 19.9. The lowest BCUT2D eigenvalue weighted by molar-refractivity contribution is -0.143. The van der Waals surface area contributed by atoms with Crippen LogP contribution in [0.4, 0.5) is 10.5 Å². The van der Waals surface area contributed by atoms with Gasteiger partial charge in [-0.25, -0.2) is 9.59 Å². The molecule has 2 aromatic carbocycles. The normalized spacial score (nSPS) is 15.4. The number of aryl methyl sites for hydroxylation is 1. The van der Waals surface area contributed by atoms with Crippen molar-refractivity contribution in [2.24, 2.45) is 0 Å². The van der Waals surface area contributed by atoms with Crippen LogP contribution in [0.15, 0.2) is 53.7 Å². The van der Waals surface area contributed by atoms with Crippen LogP contribution in [0.1, 0.15) is 37.9 Å². The van der Waals surface area contributed by atoms with Gasteiger partial charge in [-0.05, 0) is 57.5 Å². The number of methoxy groups -OCH3 is 1. The second kappa shape index (κ2) is 10.7. The van der Waals surface area contributed by atoms with E-state index in [4.69, 9.17) is 14.2 Å². The number of allylic oxidation sites excluding steroid dienone is 1. The molecule has 9 nitrogen and oxygen atoms in total. The summed E-state index contributed by atoms with van der Waals surface area (Å²) < 4.78 is 16.5. The van der Waals surface area contributed by atoms with E-state index in [1.165, 1.54) is 7.11 Å². The first-order chi connectivity index (χ1) is 16.2. The van der Waals surface area contributed by atoms with Crippen LogP contribution in [-0.4, -0.2) is 37.7 Å². The number of carbonyl (C=O) groups excluding carboxylic acids is 3. The highest BCUT2D eigenvalue weighted by Gasteiger charge is 2.33. The molecule has 3 N–H and O–H groups in total. The first kappa shape index (κ1) is 24.6. The van der Waals surface area contributed by atoms with E-state index in [0.717, 1.165) is 5.56 Å². The maximum Gasteiger partial charge on any atom is 0.338 e. The molecule has 1 heterocycles. The van der Waals surface area contributed by atoms with Crippen molar-refractivity contribution < 1.29 is 28.6 Å². The van der Waals surface area contributed by atoms with Crippen molar-refractivity contribution in [1.29, 1.82) is 0 Å². The Kier molecular flexibility index (Phi) is 7.78. The Hall–Kier alpha value is -4.01. The predicted molar refractivity (Wildman–Crippen MR) is 127 cm³/mol. The lowest BCUT2D eigenvalue weighted by Gasteiger charge is -2.29. The first-order valence-electron chi connectivity index (χ1n) is 10.8. The SMILES string of the molecule is COc1cc(C2NC(=O)NC(C)=C2C(=O)OC(C)C)ccc1OCC(=O)Nc1ccc(C)cc1. The zero-order chi connectivity index (χ0) is 24.8. The first-order valence-corrected chi connectivity index (χ1v) is 10.8. The van der Waals surface area contributed by atoms with E-state index in [2.05, 4.69) is 16.0 Å². The molecule has 0 saturated heterocycles. The van der Waals surface area contributed by atoms with E-state index >= 15 is 0 Å². The van der Waals surface area contributed by atoms with E-state index in [1.807, 2.05) is 31.2 Å². The van der Waals surface area contributed by atoms with Gasteiger partial charge in [-0.1, -0.05) is 23.8 Å². The van der Waals surface area contributed by atoms with Crippen molar-refractivity contribution >= 4 is 23.6 Å². The van der Waals surface area contributed by atoms with Crippen LogP contribution in [0, 0.1) is 6.92 Å². The Morgan fingerprint density at radius 1 is 1.06 bits per heavy atom. The minimum atomic E-state index is -0.743. The quantitative estimate of drug-likeness (QED) is 0.511. The summed E-state index contributed by atoms with van der Waals surface area (Å²) >= 11 is 0. The van der Waals surface area contributed by atoms with E-state index in [1.54, 1.807) is 39.0 Å². The van der Waals surface area contributed by atoms with Gasteiger partial charge in [-0.2, -0.15) is 0 Å². The monoisotopic (exact) mass is 467 g/mol. The highest BCUT2D eigenvalue weighted by atomic mass is 16.5. The van der Waals surface area contributed by atoms with Gasteiger partial charge in [0, 0.05) is 11.4 Å². The Bertz CT molecular complexity index is 1110. The molecular weight excluding hydrogens is 438 g/mol. The van der Waals surface area contributed by atoms with Crippen LogP contribution in [0.5, 0.6) is 11.5 Å². The van der Waals surface area contributed by atoms with Gasteiger partial charge in [0.15, 0.2) is 18.1 Å². The van der Waals surface area contributed by atoms with Gasteiger partial charge in [0.2, 0.25) is 0 Å². The third kappa shape index (κ3) is 6.06. The van der Waals surface area contributed by atoms with Gasteiger partial charge >= 0.3 is 12.0 Å². The second-order valence-electron chi connectivity index (χ2n) is 8.14. The number of benzene rings is 2. The summed E-state index contributed by atoms with van der Waals surface area (Å²) in [5.41, 5.74) is 3.06. The number of urea groups is 1. The van der Waals surface area contributed by atoms with E-state index < -0.39 is 18.0 Å². The van der Waals surface area contributed by atoms with Crippen LogP contribution in [-0.2, 0) is 14.3 Å². The molecule has 1 aliphatic rings. The van der Waals surface area contributed by atoms with Gasteiger partial charge in [0.05, 0.1) is 24.8 Å². The van der Waals surface area contributed by atoms with Gasteiger partial charge in [-0.15, -0.1) is 0 Å². The van der Waals surface area contributed by atoms with Crippen molar-refractivity contribution in [2.75, 3.05) is 19.0 Å². The minimum absolute atomic E-state index is 0.224. The molecule has 0 bridgehead atoms. The summed E-state index contributed by atoms with van der Waals surface area (Å²) in [4.78, 5) is 37.1. The maximum absolute atomic E-state index is 12.7. The third-order valence-electron chi connectivity index (χ3n) is 5.05. The fourth-order valence-electron chi connectivity index (χ4n) is 3.45. The van der Waals surface area contributed by atoms with E-state index in [0.29, 0.717) is 34.0 Å². The van der Waals surface area contributed by atoms with Crippen LogP contribution >= 0.6 is 0 Å². The fourth-order valence-corrected chi connectivity index (χ4v) is 3.45. The summed E-state index contributed by atoms with van der Waals surface area (Å²) in [5, 5.41) is 8.12. The lowest BCUT2D eigenvalue weighted by atomic mass is 9.95. The highest BCUT2D eigenvalue weighted by Crippen LogP contribution is 2.34. The summed E-state index contributed by atoms with van der Waals surface area (Å²) in [6.45, 7) is 6.89. The van der Waals surface area contributed by atoms with E-state index in [9.17, 15) is 14.4 Å². The second-order valence-corrected chi connectivity index (χ2v) is 8.14. The molecule has 1 aliphatic heterocycles. The van der Waals surface area contributed by atoms with Gasteiger partial charge < -0.3 is 30.2 Å². The summed E-state index contributed by atoms with van der Waals surface area (Å²) in [5.74, 6) is -0.157. The molecule has 9 heteroatoms. The maximum atomic E-state index is 12.7. The zero-order valence-corrected chi connectivity index (χ0v) is 19.9. The Morgan fingerprint density at radius 3 is 2.41 bits per heavy atom. The van der Waals surface area contributed by atoms with Crippen molar-refractivity contribution in [3.05, 3.63) is 64.9 Å². The van der Waals surface area contributed by atoms with Crippen molar-refractivity contribution in [1.82, 2.24) is 10.6 Å². The Morgan fingerprint density at radius 2 is 1.76 bits per heavy atom. The Balaban J connectivity index is 1.77. The molecule has 3 amide bonds. The molecule has 34 heavy (non-hydrogen) atoms. The Labute approximate surface area is 198 Å². The molecule has 1 atom stereocenters. The average Bonchev–Trinajstić information content (AvgIpc) is 2.78. The van der Waals surface area contributed by atoms with Crippen LogP contribution in [0.25, 0.3) is 0 Å². The molecule has 2 aromatic rings. The van der Waals surface area contributed by atoms with Gasteiger partial charge in [0.1, 0.15) is 0 Å². The standard InChI is InChI=1S/C25H29N3O6/c1-14(2)34-24(30)22-16(4)26-25(31)28-23(22)17-8-11-19(20(12-17)32-5)33-13-21(29)27-18-9-6-15(3)7-10-18/h6-12,14,23H,13H2,1-5H3,(H,27,29)(H2,26,28,31). The number of amides is 3. The summed E-state index contributed by atoms with van der Waals surface area (Å²) in [6, 6.07) is 11.2. The van der Waals surface area contributed by atoms with Crippen LogP contribution in [0.2, 0.25) is 0 Å². The van der Waals surface area contributed by atoms with Crippen LogP contribution < -0.4 is 25.4 Å². The average molecular weight is 468 g/mol. The number of carbonyl (C=O) groups is 3. The summed E-state index contributed by atoms with van der Waals surface area (Å²) in [6.07, 6.45) is -0.317. The van der Waals surface area contributed by atoms with Gasteiger partial charge in [0.25, 0.3) is 5.91 Å². The molecule has 1 unspecified atom stereocenters. The highest BCUT2D eigenvalue weighted by molar-refractivity contribution is 5.95. The van der Waals surface area contributed by atoms with Crippen molar-refractivity contribution in [3.63, 3.8) is 0 Å². The molecule has 0 spiro atoms. The smallest absolute Gasteiger partial charge is 0.338 e. The number of nitrogens with one attached hydrogen (secondary N) is 3. The molecular formula is C25H29N3O6. The predicted octanol–water partition coefficient (Wildman–Crippen LogP) is 3.60. The molecule has 0 fully saturated rings. The number of ether oxygens (including phenoxy) is 3. The minimum Gasteiger partial charge on any atom is -0.493 e. The number of hydrogen-bond donors (Lipinski definition) is 3. The van der Waals surface area contributed by atoms with Crippen molar-refractivity contribution in [3.8, 4) is 11.5 Å². The van der Waals surface area contributed by atoms with Crippen molar-refractivity contribution in [2.45, 2.75) is 39.8 Å². The number of hydrogen-bond acceptors (Lipinski definition) is 6. The topological polar surface area (TPSA) is 115 Å². The number of rotatable bonds is 8. The largest absolute Gasteiger partial charge is 0.493 e. The molecule has 180 valence electrons. The fraction of sp³-hybridized carbons (Fsp3) is 0.320.